The van der Waals surface area contributed by atoms with E-state index in [-0.39, 0.29) is 25.1 Å². The van der Waals surface area contributed by atoms with Gasteiger partial charge in [-0.1, -0.05) is 73.2 Å². The molecule has 0 saturated carbocycles. The van der Waals surface area contributed by atoms with Gasteiger partial charge >= 0.3 is 0 Å². The van der Waals surface area contributed by atoms with Gasteiger partial charge in [0.15, 0.2) is 6.61 Å². The predicted molar refractivity (Wildman–Crippen MR) is 140 cm³/mol. The summed E-state index contributed by atoms with van der Waals surface area (Å²) in [6, 6.07) is 20.7. The summed E-state index contributed by atoms with van der Waals surface area (Å²) in [5.41, 5.74) is 3.26. The van der Waals surface area contributed by atoms with Crippen molar-refractivity contribution in [3.05, 3.63) is 101 Å². The maximum atomic E-state index is 14.6. The molecule has 0 saturated heterocycles. The first-order valence-electron chi connectivity index (χ1n) is 12.4. The van der Waals surface area contributed by atoms with Gasteiger partial charge in [0.05, 0.1) is 0 Å². The topological polar surface area (TPSA) is 58.6 Å². The molecule has 3 aromatic carbocycles. The molecule has 0 radical (unpaired) electrons. The number of aryl methyl sites for hydroxylation is 2. The molecule has 5 nitrogen and oxygen atoms in total. The normalized spacial score (nSPS) is 12.5. The van der Waals surface area contributed by atoms with E-state index >= 15 is 0 Å². The molecule has 190 valence electrons. The monoisotopic (exact) mass is 490 g/mol. The average molecular weight is 491 g/mol. The van der Waals surface area contributed by atoms with Crippen molar-refractivity contribution >= 4 is 11.8 Å². The van der Waals surface area contributed by atoms with Crippen LogP contribution in [0.4, 0.5) is 4.39 Å². The smallest absolute Gasteiger partial charge is 0.261 e. The van der Waals surface area contributed by atoms with Crippen LogP contribution in [0, 0.1) is 19.7 Å². The number of nitrogens with one attached hydrogen (secondary N) is 1. The van der Waals surface area contributed by atoms with E-state index in [4.69, 9.17) is 4.74 Å². The van der Waals surface area contributed by atoms with Crippen LogP contribution in [0.15, 0.2) is 72.8 Å². The Morgan fingerprint density at radius 1 is 1.00 bits per heavy atom. The van der Waals surface area contributed by atoms with Gasteiger partial charge in [0.1, 0.15) is 17.6 Å². The largest absolute Gasteiger partial charge is 0.483 e. The average Bonchev–Trinajstić information content (AvgIpc) is 2.87. The third-order valence-corrected chi connectivity index (χ3v) is 6.25. The van der Waals surface area contributed by atoms with E-state index in [0.29, 0.717) is 17.7 Å². The van der Waals surface area contributed by atoms with E-state index in [9.17, 15) is 14.0 Å². The third-order valence-electron chi connectivity index (χ3n) is 6.25. The molecule has 0 fully saturated rings. The molecule has 1 N–H and O–H groups in total. The first-order chi connectivity index (χ1) is 17.3. The van der Waals surface area contributed by atoms with Crippen molar-refractivity contribution in [1.82, 2.24) is 10.2 Å². The van der Waals surface area contributed by atoms with Crippen LogP contribution >= 0.6 is 0 Å². The molecular formula is C30H35FN2O3. The number of amides is 2. The number of hydrogen-bond acceptors (Lipinski definition) is 3. The van der Waals surface area contributed by atoms with Gasteiger partial charge in [-0.05, 0) is 50.5 Å². The van der Waals surface area contributed by atoms with Gasteiger partial charge in [-0.25, -0.2) is 4.39 Å². The molecular weight excluding hydrogens is 455 g/mol. The minimum atomic E-state index is -0.837. The van der Waals surface area contributed by atoms with Crippen LogP contribution in [0.1, 0.15) is 42.5 Å². The first-order valence-corrected chi connectivity index (χ1v) is 12.4. The number of ether oxygens (including phenoxy) is 1. The van der Waals surface area contributed by atoms with Crippen LogP contribution in [0.2, 0.25) is 0 Å². The van der Waals surface area contributed by atoms with Gasteiger partial charge in [0.2, 0.25) is 5.91 Å². The van der Waals surface area contributed by atoms with Gasteiger partial charge in [-0.15, -0.1) is 0 Å². The molecule has 6 heteroatoms. The third kappa shape index (κ3) is 7.41. The van der Waals surface area contributed by atoms with Crippen LogP contribution in [0.5, 0.6) is 5.75 Å². The Balaban J connectivity index is 1.93. The van der Waals surface area contributed by atoms with Crippen molar-refractivity contribution < 1.29 is 18.7 Å². The zero-order valence-corrected chi connectivity index (χ0v) is 21.5. The van der Waals surface area contributed by atoms with Crippen LogP contribution in [-0.4, -0.2) is 35.4 Å². The molecule has 2 atom stereocenters. The maximum Gasteiger partial charge on any atom is 0.261 e. The van der Waals surface area contributed by atoms with Gasteiger partial charge in [-0.2, -0.15) is 0 Å². The summed E-state index contributed by atoms with van der Waals surface area (Å²) in [6.07, 6.45) is 1.05. The van der Waals surface area contributed by atoms with Crippen LogP contribution in [0.25, 0.3) is 0 Å². The predicted octanol–water partition coefficient (Wildman–Crippen LogP) is 5.38. The molecule has 0 spiro atoms. The number of halogens is 1. The second-order valence-electron chi connectivity index (χ2n) is 9.19. The molecule has 0 unspecified atom stereocenters. The number of carbonyl (C=O) groups excluding carboxylic acids is 2. The Hall–Kier alpha value is -3.67. The second-order valence-corrected chi connectivity index (χ2v) is 9.19. The molecule has 0 aliphatic carbocycles. The fourth-order valence-corrected chi connectivity index (χ4v) is 3.99. The van der Waals surface area contributed by atoms with Gasteiger partial charge < -0.3 is 15.0 Å². The van der Waals surface area contributed by atoms with Crippen LogP contribution in [0.3, 0.4) is 0 Å². The van der Waals surface area contributed by atoms with Gasteiger partial charge in [0, 0.05) is 24.6 Å². The van der Waals surface area contributed by atoms with Gasteiger partial charge in [-0.3, -0.25) is 9.59 Å². The van der Waals surface area contributed by atoms with Crippen molar-refractivity contribution in [3.63, 3.8) is 0 Å². The standard InChI is InChI=1S/C30H35FN2O3/c1-5-23(4)32-30(35)27(18-24-11-7-6-8-12-24)33(19-25-13-9-10-14-26(25)31)29(34)20-36-28-16-15-21(2)17-22(28)3/h6-17,23,27H,5,18-20H2,1-4H3,(H,32,35)/t23-,27-/m1/s1. The number of rotatable bonds is 11. The summed E-state index contributed by atoms with van der Waals surface area (Å²) in [6.45, 7) is 7.50. The summed E-state index contributed by atoms with van der Waals surface area (Å²) < 4.78 is 20.5. The van der Waals surface area contributed by atoms with E-state index in [1.54, 1.807) is 18.2 Å². The Kier molecular flexibility index (Phi) is 9.62. The fourth-order valence-electron chi connectivity index (χ4n) is 3.99. The minimum absolute atomic E-state index is 0.0484. The Morgan fingerprint density at radius 3 is 2.36 bits per heavy atom. The SMILES string of the molecule is CC[C@@H](C)NC(=O)[C@@H](Cc1ccccc1)N(Cc1ccccc1F)C(=O)COc1ccc(C)cc1C. The summed E-state index contributed by atoms with van der Waals surface area (Å²) in [5.74, 6) is -0.488. The maximum absolute atomic E-state index is 14.6. The number of hydrogen-bond donors (Lipinski definition) is 1. The quantitative estimate of drug-likeness (QED) is 0.393. The van der Waals surface area contributed by atoms with Crippen molar-refractivity contribution in [1.29, 1.82) is 0 Å². The minimum Gasteiger partial charge on any atom is -0.483 e. The molecule has 0 aromatic heterocycles. The van der Waals surface area contributed by atoms with E-state index in [0.717, 1.165) is 23.1 Å². The highest BCUT2D eigenvalue weighted by Gasteiger charge is 2.31. The zero-order valence-electron chi connectivity index (χ0n) is 21.5. The molecule has 2 amide bonds. The summed E-state index contributed by atoms with van der Waals surface area (Å²) >= 11 is 0. The molecule has 3 aromatic rings. The van der Waals surface area contributed by atoms with E-state index in [2.05, 4.69) is 5.32 Å². The highest BCUT2D eigenvalue weighted by molar-refractivity contribution is 5.88. The van der Waals surface area contributed by atoms with E-state index in [1.165, 1.54) is 11.0 Å². The summed E-state index contributed by atoms with van der Waals surface area (Å²) in [4.78, 5) is 28.5. The fraction of sp³-hybridized carbons (Fsp3) is 0.333. The lowest BCUT2D eigenvalue weighted by Crippen LogP contribution is -2.53. The van der Waals surface area contributed by atoms with Crippen molar-refractivity contribution in [2.75, 3.05) is 6.61 Å². The number of benzene rings is 3. The molecule has 0 bridgehead atoms. The van der Waals surface area contributed by atoms with Crippen molar-refractivity contribution in [3.8, 4) is 5.75 Å². The summed E-state index contributed by atoms with van der Waals surface area (Å²) in [5, 5.41) is 3.01. The Labute approximate surface area is 213 Å². The van der Waals surface area contributed by atoms with E-state index < -0.39 is 17.8 Å². The van der Waals surface area contributed by atoms with Crippen molar-refractivity contribution in [2.24, 2.45) is 0 Å². The second kappa shape index (κ2) is 12.9. The number of nitrogens with zero attached hydrogens (tertiary/aromatic N) is 1. The lowest BCUT2D eigenvalue weighted by Gasteiger charge is -2.32. The van der Waals surface area contributed by atoms with Crippen LogP contribution in [-0.2, 0) is 22.6 Å². The first kappa shape index (κ1) is 26.9. The molecule has 3 rings (SSSR count). The molecule has 36 heavy (non-hydrogen) atoms. The van der Waals surface area contributed by atoms with E-state index in [1.807, 2.05) is 76.2 Å². The molecule has 0 aliphatic rings. The highest BCUT2D eigenvalue weighted by Crippen LogP contribution is 2.21. The zero-order chi connectivity index (χ0) is 26.1. The molecule has 0 aliphatic heterocycles. The molecule has 0 heterocycles. The summed E-state index contributed by atoms with van der Waals surface area (Å²) in [7, 11) is 0. The van der Waals surface area contributed by atoms with Crippen molar-refractivity contribution in [2.45, 2.75) is 59.2 Å². The Bertz CT molecular complexity index is 1170. The lowest BCUT2D eigenvalue weighted by molar-refractivity contribution is -0.143. The lowest BCUT2D eigenvalue weighted by atomic mass is 10.0. The number of carbonyl (C=O) groups is 2. The highest BCUT2D eigenvalue weighted by atomic mass is 19.1. The Morgan fingerprint density at radius 2 is 1.69 bits per heavy atom. The van der Waals surface area contributed by atoms with Gasteiger partial charge in [0.25, 0.3) is 5.91 Å². The van der Waals surface area contributed by atoms with Crippen LogP contribution < -0.4 is 10.1 Å².